The molecule has 1 aromatic carbocycles. The van der Waals surface area contributed by atoms with Crippen molar-refractivity contribution >= 4 is 29.5 Å². The first-order valence-electron chi connectivity index (χ1n) is 10.7. The largest absolute Gasteiger partial charge is 0.456 e. The summed E-state index contributed by atoms with van der Waals surface area (Å²) >= 11 is 0. The molecule has 1 aromatic rings. The third-order valence-corrected chi connectivity index (χ3v) is 5.88. The van der Waals surface area contributed by atoms with Gasteiger partial charge in [0.15, 0.2) is 12.4 Å². The van der Waals surface area contributed by atoms with Crippen LogP contribution in [0.2, 0.25) is 0 Å². The molecular weight excluding hydrogens is 400 g/mol. The van der Waals surface area contributed by atoms with Crippen molar-refractivity contribution in [2.24, 2.45) is 11.8 Å². The number of nitrogens with zero attached hydrogens (tertiary/aromatic N) is 1. The van der Waals surface area contributed by atoms with E-state index in [1.54, 1.807) is 12.1 Å². The van der Waals surface area contributed by atoms with Crippen LogP contribution in [-0.2, 0) is 30.3 Å². The predicted molar refractivity (Wildman–Crippen MR) is 111 cm³/mol. The number of benzene rings is 1. The Kier molecular flexibility index (Phi) is 7.55. The van der Waals surface area contributed by atoms with Crippen molar-refractivity contribution in [3.8, 4) is 0 Å². The van der Waals surface area contributed by atoms with Gasteiger partial charge < -0.3 is 10.1 Å². The van der Waals surface area contributed by atoms with E-state index in [9.17, 15) is 24.0 Å². The van der Waals surface area contributed by atoms with Crippen LogP contribution in [0.4, 0.5) is 0 Å². The molecule has 1 N–H and O–H groups in total. The Morgan fingerprint density at radius 2 is 1.65 bits per heavy atom. The molecule has 1 aliphatic heterocycles. The molecule has 1 aliphatic carbocycles. The van der Waals surface area contributed by atoms with Crippen molar-refractivity contribution in [2.75, 3.05) is 19.7 Å². The highest BCUT2D eigenvalue weighted by molar-refractivity contribution is 6.07. The number of amides is 3. The molecule has 0 aromatic heterocycles. The highest BCUT2D eigenvalue weighted by Gasteiger charge is 2.48. The van der Waals surface area contributed by atoms with E-state index in [4.69, 9.17) is 4.74 Å². The van der Waals surface area contributed by atoms with Gasteiger partial charge in [0.1, 0.15) is 6.54 Å². The number of esters is 1. The van der Waals surface area contributed by atoms with Crippen LogP contribution in [-0.4, -0.2) is 54.1 Å². The number of nitrogens with one attached hydrogen (secondary N) is 1. The first-order chi connectivity index (χ1) is 14.9. The van der Waals surface area contributed by atoms with Crippen molar-refractivity contribution in [1.82, 2.24) is 10.2 Å². The van der Waals surface area contributed by atoms with Gasteiger partial charge in [-0.1, -0.05) is 37.1 Å². The second-order valence-electron chi connectivity index (χ2n) is 8.13. The summed E-state index contributed by atoms with van der Waals surface area (Å²) in [5.41, 5.74) is 1.45. The molecule has 2 aliphatic rings. The standard InChI is InChI=1S/C23H28N2O6/c1-15(26)24-12-4-5-16-8-10-17(11-9-16)20(27)14-31-21(28)13-25-22(29)18-6-2-3-7-19(18)23(25)30/h8-11,18-19H,2-7,12-14H2,1H3,(H,24,26). The van der Waals surface area contributed by atoms with Crippen LogP contribution in [0.25, 0.3) is 0 Å². The zero-order chi connectivity index (χ0) is 22.4. The minimum Gasteiger partial charge on any atom is -0.456 e. The van der Waals surface area contributed by atoms with Crippen LogP contribution in [0.5, 0.6) is 0 Å². The van der Waals surface area contributed by atoms with Gasteiger partial charge in [-0.25, -0.2) is 0 Å². The number of aryl methyl sites for hydroxylation is 1. The Hall–Kier alpha value is -3.03. The fourth-order valence-corrected chi connectivity index (χ4v) is 4.21. The summed E-state index contributed by atoms with van der Waals surface area (Å²) in [4.78, 5) is 61.1. The van der Waals surface area contributed by atoms with Gasteiger partial charge in [-0.2, -0.15) is 0 Å². The number of Topliss-reactive ketones (excluding diaryl/α,β-unsaturated/α-hetero) is 1. The maximum Gasteiger partial charge on any atom is 0.326 e. The molecule has 1 saturated heterocycles. The molecule has 3 rings (SSSR count). The molecule has 0 radical (unpaired) electrons. The lowest BCUT2D eigenvalue weighted by Gasteiger charge is -2.19. The molecule has 3 amide bonds. The lowest BCUT2D eigenvalue weighted by atomic mass is 9.81. The number of likely N-dealkylation sites (tertiary alicyclic amines) is 1. The van der Waals surface area contributed by atoms with Crippen molar-refractivity contribution in [3.05, 3.63) is 35.4 Å². The van der Waals surface area contributed by atoms with Crippen molar-refractivity contribution in [2.45, 2.75) is 45.4 Å². The number of carbonyl (C=O) groups excluding carboxylic acids is 5. The Labute approximate surface area is 181 Å². The zero-order valence-electron chi connectivity index (χ0n) is 17.7. The summed E-state index contributed by atoms with van der Waals surface area (Å²) in [7, 11) is 0. The Bertz CT molecular complexity index is 839. The second kappa shape index (κ2) is 10.3. The van der Waals surface area contributed by atoms with E-state index in [2.05, 4.69) is 5.32 Å². The number of fused-ring (bicyclic) bond motifs is 1. The Balaban J connectivity index is 1.44. The molecule has 2 fully saturated rings. The lowest BCUT2D eigenvalue weighted by Crippen LogP contribution is -2.37. The molecule has 8 nitrogen and oxygen atoms in total. The SMILES string of the molecule is CC(=O)NCCCc1ccc(C(=O)COC(=O)CN2C(=O)C3CCCCC3C2=O)cc1. The Morgan fingerprint density at radius 3 is 2.23 bits per heavy atom. The van der Waals surface area contributed by atoms with Crippen LogP contribution < -0.4 is 5.32 Å². The van der Waals surface area contributed by atoms with Gasteiger partial charge in [0.2, 0.25) is 17.7 Å². The summed E-state index contributed by atoms with van der Waals surface area (Å²) in [6.07, 6.45) is 4.76. The van der Waals surface area contributed by atoms with Crippen LogP contribution in [0.3, 0.4) is 0 Å². The molecule has 8 heteroatoms. The predicted octanol–water partition coefficient (Wildman–Crippen LogP) is 1.66. The van der Waals surface area contributed by atoms with E-state index in [1.165, 1.54) is 6.92 Å². The number of hydrogen-bond donors (Lipinski definition) is 1. The number of ketones is 1. The van der Waals surface area contributed by atoms with Crippen LogP contribution in [0.15, 0.2) is 24.3 Å². The molecule has 0 bridgehead atoms. The van der Waals surface area contributed by atoms with Crippen LogP contribution in [0.1, 0.15) is 54.9 Å². The number of carbonyl (C=O) groups is 5. The number of rotatable bonds is 9. The topological polar surface area (TPSA) is 110 Å². The Morgan fingerprint density at radius 1 is 1.03 bits per heavy atom. The summed E-state index contributed by atoms with van der Waals surface area (Å²) in [6.45, 7) is 1.19. The van der Waals surface area contributed by atoms with E-state index >= 15 is 0 Å². The molecule has 2 unspecified atom stereocenters. The average molecular weight is 428 g/mol. The molecule has 166 valence electrons. The van der Waals surface area contributed by atoms with Gasteiger partial charge >= 0.3 is 5.97 Å². The summed E-state index contributed by atoms with van der Waals surface area (Å²) < 4.78 is 5.03. The molecule has 1 heterocycles. The maximum absolute atomic E-state index is 12.4. The molecule has 1 saturated carbocycles. The van der Waals surface area contributed by atoms with Crippen LogP contribution in [0, 0.1) is 11.8 Å². The maximum atomic E-state index is 12.4. The van der Waals surface area contributed by atoms with Gasteiger partial charge in [-0.05, 0) is 31.2 Å². The van der Waals surface area contributed by atoms with Crippen molar-refractivity contribution in [1.29, 1.82) is 0 Å². The third kappa shape index (κ3) is 5.77. The molecule has 2 atom stereocenters. The van der Waals surface area contributed by atoms with Gasteiger partial charge in [0, 0.05) is 19.0 Å². The smallest absolute Gasteiger partial charge is 0.326 e. The fraction of sp³-hybridized carbons (Fsp3) is 0.522. The zero-order valence-corrected chi connectivity index (χ0v) is 17.7. The van der Waals surface area contributed by atoms with Gasteiger partial charge in [0.05, 0.1) is 11.8 Å². The highest BCUT2D eigenvalue weighted by atomic mass is 16.5. The monoisotopic (exact) mass is 428 g/mol. The number of ether oxygens (including phenoxy) is 1. The van der Waals surface area contributed by atoms with E-state index in [1.807, 2.05) is 12.1 Å². The lowest BCUT2D eigenvalue weighted by molar-refractivity contribution is -0.152. The molecule has 0 spiro atoms. The van der Waals surface area contributed by atoms with Gasteiger partial charge in [-0.3, -0.25) is 28.9 Å². The first kappa shape index (κ1) is 22.7. The van der Waals surface area contributed by atoms with Crippen LogP contribution >= 0.6 is 0 Å². The first-order valence-corrected chi connectivity index (χ1v) is 10.7. The third-order valence-electron chi connectivity index (χ3n) is 5.88. The minimum absolute atomic E-state index is 0.0627. The van der Waals surface area contributed by atoms with Gasteiger partial charge in [-0.15, -0.1) is 0 Å². The summed E-state index contributed by atoms with van der Waals surface area (Å²) in [5, 5.41) is 2.73. The second-order valence-corrected chi connectivity index (χ2v) is 8.13. The molecule has 31 heavy (non-hydrogen) atoms. The number of hydrogen-bond acceptors (Lipinski definition) is 6. The quantitative estimate of drug-likeness (QED) is 0.277. The van der Waals surface area contributed by atoms with E-state index in [0.717, 1.165) is 36.1 Å². The highest BCUT2D eigenvalue weighted by Crippen LogP contribution is 2.37. The van der Waals surface area contributed by atoms with E-state index in [0.29, 0.717) is 24.9 Å². The van der Waals surface area contributed by atoms with Crippen molar-refractivity contribution < 1.29 is 28.7 Å². The van der Waals surface area contributed by atoms with Crippen molar-refractivity contribution in [3.63, 3.8) is 0 Å². The minimum atomic E-state index is -0.761. The fourth-order valence-electron chi connectivity index (χ4n) is 4.21. The summed E-state index contributed by atoms with van der Waals surface area (Å²) in [6, 6.07) is 6.99. The van der Waals surface area contributed by atoms with E-state index < -0.39 is 19.1 Å². The van der Waals surface area contributed by atoms with E-state index in [-0.39, 0.29) is 35.3 Å². The summed E-state index contributed by atoms with van der Waals surface area (Å²) in [5.74, 6) is -2.40. The number of imide groups is 1. The molecular formula is C23H28N2O6. The average Bonchev–Trinajstić information content (AvgIpc) is 3.00. The van der Waals surface area contributed by atoms with Gasteiger partial charge in [0.25, 0.3) is 0 Å². The normalized spacial score (nSPS) is 20.4.